The molecule has 3 N–H and O–H groups in total. The van der Waals surface area contributed by atoms with E-state index in [0.717, 1.165) is 6.07 Å². The highest BCUT2D eigenvalue weighted by Crippen LogP contribution is 2.18. The summed E-state index contributed by atoms with van der Waals surface area (Å²) in [7, 11) is 0. The first-order valence-electron chi connectivity index (χ1n) is 5.66. The molecule has 0 fully saturated rings. The van der Waals surface area contributed by atoms with Crippen LogP contribution in [0, 0.1) is 5.82 Å². The average Bonchev–Trinajstić information content (AvgIpc) is 2.32. The predicted octanol–water partition coefficient (Wildman–Crippen LogP) is 2.38. The van der Waals surface area contributed by atoms with Gasteiger partial charge in [-0.2, -0.15) is 0 Å². The summed E-state index contributed by atoms with van der Waals surface area (Å²) in [5, 5.41) is 12.7. The van der Waals surface area contributed by atoms with Crippen molar-refractivity contribution < 1.29 is 23.9 Å². The second kappa shape index (κ2) is 7.44. The minimum Gasteiger partial charge on any atom is -0.481 e. The molecule has 0 aliphatic carbocycles. The van der Waals surface area contributed by atoms with Crippen LogP contribution in [0.1, 0.15) is 19.3 Å². The van der Waals surface area contributed by atoms with Gasteiger partial charge in [0.15, 0.2) is 0 Å². The van der Waals surface area contributed by atoms with Gasteiger partial charge in [0, 0.05) is 17.9 Å². The first-order chi connectivity index (χ1) is 9.38. The third-order valence-electron chi connectivity index (χ3n) is 2.23. The van der Waals surface area contributed by atoms with Gasteiger partial charge < -0.3 is 10.4 Å². The molecular formula is C12H12ClFN2O4. The number of halogens is 2. The van der Waals surface area contributed by atoms with Crippen molar-refractivity contribution in [3.05, 3.63) is 29.0 Å². The summed E-state index contributed by atoms with van der Waals surface area (Å²) in [6.45, 7) is 0. The molecule has 3 amide bonds. The molecule has 1 aromatic carbocycles. The number of carboxylic acid groups (broad SMARTS) is 1. The lowest BCUT2D eigenvalue weighted by molar-refractivity contribution is -0.137. The Kier molecular flexibility index (Phi) is 5.92. The van der Waals surface area contributed by atoms with E-state index in [0.29, 0.717) is 0 Å². The van der Waals surface area contributed by atoms with Crippen LogP contribution in [-0.4, -0.2) is 23.0 Å². The summed E-state index contributed by atoms with van der Waals surface area (Å²) in [5.41, 5.74) is -0.120. The number of carbonyl (C=O) groups excluding carboxylic acids is 2. The molecule has 1 aromatic rings. The molecule has 0 saturated heterocycles. The second-order valence-corrected chi connectivity index (χ2v) is 4.31. The number of aliphatic carboxylic acids is 1. The number of rotatable bonds is 5. The summed E-state index contributed by atoms with van der Waals surface area (Å²) in [4.78, 5) is 32.9. The third kappa shape index (κ3) is 5.66. The summed E-state index contributed by atoms with van der Waals surface area (Å²) in [6, 6.07) is 2.76. The highest BCUT2D eigenvalue weighted by Gasteiger charge is 2.11. The van der Waals surface area contributed by atoms with Crippen LogP contribution in [0.4, 0.5) is 14.9 Å². The van der Waals surface area contributed by atoms with Crippen molar-refractivity contribution in [2.75, 3.05) is 5.32 Å². The van der Waals surface area contributed by atoms with Crippen LogP contribution in [0.15, 0.2) is 18.2 Å². The molecule has 0 atom stereocenters. The van der Waals surface area contributed by atoms with Crippen molar-refractivity contribution in [1.82, 2.24) is 5.32 Å². The van der Waals surface area contributed by atoms with Gasteiger partial charge in [-0.3, -0.25) is 14.9 Å². The Hall–Kier alpha value is -2.15. The molecule has 0 aromatic heterocycles. The lowest BCUT2D eigenvalue weighted by Crippen LogP contribution is -2.34. The van der Waals surface area contributed by atoms with Gasteiger partial charge in [0.1, 0.15) is 5.82 Å². The average molecular weight is 303 g/mol. The van der Waals surface area contributed by atoms with Crippen LogP contribution in [0.5, 0.6) is 0 Å². The summed E-state index contributed by atoms with van der Waals surface area (Å²) >= 11 is 5.55. The zero-order valence-corrected chi connectivity index (χ0v) is 11.0. The molecule has 0 bridgehead atoms. The van der Waals surface area contributed by atoms with Gasteiger partial charge in [0.05, 0.1) is 5.69 Å². The van der Waals surface area contributed by atoms with E-state index in [1.54, 1.807) is 0 Å². The monoisotopic (exact) mass is 302 g/mol. The Morgan fingerprint density at radius 1 is 1.25 bits per heavy atom. The fourth-order valence-corrected chi connectivity index (χ4v) is 1.49. The maximum atomic E-state index is 13.4. The van der Waals surface area contributed by atoms with Crippen LogP contribution < -0.4 is 10.6 Å². The van der Waals surface area contributed by atoms with Crippen molar-refractivity contribution in [3.63, 3.8) is 0 Å². The first kappa shape index (κ1) is 15.9. The first-order valence-corrected chi connectivity index (χ1v) is 6.04. The Labute approximate surface area is 118 Å². The number of amides is 3. The fourth-order valence-electron chi connectivity index (χ4n) is 1.33. The molecule has 20 heavy (non-hydrogen) atoms. The number of imide groups is 1. The molecule has 0 saturated carbocycles. The van der Waals surface area contributed by atoms with E-state index in [9.17, 15) is 18.8 Å². The number of hydrogen-bond donors (Lipinski definition) is 3. The van der Waals surface area contributed by atoms with Gasteiger partial charge in [-0.1, -0.05) is 11.6 Å². The molecule has 1 rings (SSSR count). The zero-order chi connectivity index (χ0) is 15.1. The SMILES string of the molecule is O=C(O)CCCC(=O)NC(=O)Nc1ccc(Cl)cc1F. The lowest BCUT2D eigenvalue weighted by Gasteiger charge is -2.07. The molecule has 0 aliphatic heterocycles. The Morgan fingerprint density at radius 2 is 1.95 bits per heavy atom. The molecule has 0 radical (unpaired) electrons. The van der Waals surface area contributed by atoms with Gasteiger partial charge in [0.25, 0.3) is 0 Å². The molecule has 0 unspecified atom stereocenters. The van der Waals surface area contributed by atoms with Crippen LogP contribution in [0.25, 0.3) is 0 Å². The van der Waals surface area contributed by atoms with Crippen LogP contribution in [-0.2, 0) is 9.59 Å². The van der Waals surface area contributed by atoms with Crippen molar-refractivity contribution in [2.45, 2.75) is 19.3 Å². The Morgan fingerprint density at radius 3 is 2.55 bits per heavy atom. The van der Waals surface area contributed by atoms with E-state index in [1.165, 1.54) is 12.1 Å². The van der Waals surface area contributed by atoms with E-state index in [-0.39, 0.29) is 30.0 Å². The number of hydrogen-bond acceptors (Lipinski definition) is 3. The molecule has 8 heteroatoms. The number of nitrogens with one attached hydrogen (secondary N) is 2. The third-order valence-corrected chi connectivity index (χ3v) is 2.46. The minimum atomic E-state index is -1.02. The van der Waals surface area contributed by atoms with E-state index in [4.69, 9.17) is 16.7 Å². The Balaban J connectivity index is 2.43. The number of benzene rings is 1. The van der Waals surface area contributed by atoms with Crippen LogP contribution in [0.2, 0.25) is 5.02 Å². The van der Waals surface area contributed by atoms with Gasteiger partial charge in [0.2, 0.25) is 5.91 Å². The van der Waals surface area contributed by atoms with Crippen molar-refractivity contribution in [3.8, 4) is 0 Å². The van der Waals surface area contributed by atoms with E-state index in [2.05, 4.69) is 5.32 Å². The van der Waals surface area contributed by atoms with Gasteiger partial charge in [-0.25, -0.2) is 9.18 Å². The van der Waals surface area contributed by atoms with Gasteiger partial charge in [-0.15, -0.1) is 0 Å². The van der Waals surface area contributed by atoms with Gasteiger partial charge in [-0.05, 0) is 24.6 Å². The largest absolute Gasteiger partial charge is 0.481 e. The summed E-state index contributed by atoms with van der Waals surface area (Å²) in [6.07, 6.45) is -0.159. The van der Waals surface area contributed by atoms with Gasteiger partial charge >= 0.3 is 12.0 Å². The second-order valence-electron chi connectivity index (χ2n) is 3.87. The van der Waals surface area contributed by atoms with E-state index in [1.807, 2.05) is 5.32 Å². The molecule has 0 spiro atoms. The topological polar surface area (TPSA) is 95.5 Å². The van der Waals surface area contributed by atoms with Crippen molar-refractivity contribution in [2.24, 2.45) is 0 Å². The standard InChI is InChI=1S/C12H12ClFN2O4/c13-7-4-5-9(8(14)6-7)15-12(20)16-10(17)2-1-3-11(18)19/h4-6H,1-3H2,(H,18,19)(H2,15,16,17,20). The highest BCUT2D eigenvalue weighted by molar-refractivity contribution is 6.30. The van der Waals surface area contributed by atoms with E-state index < -0.39 is 23.7 Å². The fraction of sp³-hybridized carbons (Fsp3) is 0.250. The smallest absolute Gasteiger partial charge is 0.325 e. The predicted molar refractivity (Wildman–Crippen MR) is 70.1 cm³/mol. The quantitative estimate of drug-likeness (QED) is 0.778. The van der Waals surface area contributed by atoms with Crippen molar-refractivity contribution in [1.29, 1.82) is 0 Å². The number of carbonyl (C=O) groups is 3. The summed E-state index contributed by atoms with van der Waals surface area (Å²) < 4.78 is 13.4. The van der Waals surface area contributed by atoms with Crippen molar-refractivity contribution >= 4 is 35.2 Å². The number of anilines is 1. The molecule has 108 valence electrons. The van der Waals surface area contributed by atoms with Crippen LogP contribution in [0.3, 0.4) is 0 Å². The number of carboxylic acids is 1. The molecular weight excluding hydrogens is 291 g/mol. The van der Waals surface area contributed by atoms with E-state index >= 15 is 0 Å². The normalized spacial score (nSPS) is 9.90. The highest BCUT2D eigenvalue weighted by atomic mass is 35.5. The molecule has 6 nitrogen and oxygen atoms in total. The molecule has 0 heterocycles. The lowest BCUT2D eigenvalue weighted by atomic mass is 10.2. The zero-order valence-electron chi connectivity index (χ0n) is 10.3. The maximum Gasteiger partial charge on any atom is 0.325 e. The summed E-state index contributed by atoms with van der Waals surface area (Å²) in [5.74, 6) is -2.39. The molecule has 0 aliphatic rings. The minimum absolute atomic E-state index is 0.108. The Bertz CT molecular complexity index is 536. The maximum absolute atomic E-state index is 13.4. The van der Waals surface area contributed by atoms with Crippen LogP contribution >= 0.6 is 11.6 Å². The number of urea groups is 1.